The van der Waals surface area contributed by atoms with Crippen LogP contribution in [0.1, 0.15) is 72.2 Å². The second kappa shape index (κ2) is 11.0. The molecule has 1 saturated carbocycles. The predicted octanol–water partition coefficient (Wildman–Crippen LogP) is 6.74. The van der Waals surface area contributed by atoms with Gasteiger partial charge >= 0.3 is 0 Å². The minimum absolute atomic E-state index is 0.121. The number of aromatic nitrogens is 2. The van der Waals surface area contributed by atoms with Gasteiger partial charge in [0, 0.05) is 31.3 Å². The van der Waals surface area contributed by atoms with Gasteiger partial charge in [-0.3, -0.25) is 4.90 Å². The van der Waals surface area contributed by atoms with E-state index in [9.17, 15) is 0 Å². The van der Waals surface area contributed by atoms with E-state index in [4.69, 9.17) is 18.5 Å². The Hall–Kier alpha value is -3.58. The average Bonchev–Trinajstić information content (AvgIpc) is 3.55. The largest absolute Gasteiger partial charge is 0.490 e. The van der Waals surface area contributed by atoms with Crippen molar-refractivity contribution in [2.24, 2.45) is 0 Å². The zero-order chi connectivity index (χ0) is 25.9. The number of nitrogens with zero attached hydrogens (tertiary/aromatic N) is 3. The molecule has 2 aromatic carbocycles. The van der Waals surface area contributed by atoms with Crippen LogP contribution in [0.3, 0.4) is 0 Å². The van der Waals surface area contributed by atoms with Crippen LogP contribution in [-0.4, -0.2) is 27.4 Å². The van der Waals surface area contributed by atoms with E-state index in [2.05, 4.69) is 57.7 Å². The quantitative estimate of drug-likeness (QED) is 0.258. The SMILES string of the molecule is Cc1cc(CN(Cc2cc(C)on2)C2CCC(Oc3ccc4c(c3)CCC(c3ccccc3)O4)CC2)no1. The van der Waals surface area contributed by atoms with Crippen LogP contribution in [0.15, 0.2) is 69.7 Å². The van der Waals surface area contributed by atoms with E-state index in [1.165, 1.54) is 11.1 Å². The Morgan fingerprint density at radius 1 is 0.816 bits per heavy atom. The smallest absolute Gasteiger partial charge is 0.133 e. The van der Waals surface area contributed by atoms with Crippen LogP contribution in [0.25, 0.3) is 0 Å². The molecule has 2 aliphatic rings. The number of aryl methyl sites for hydroxylation is 3. The van der Waals surface area contributed by atoms with Crippen molar-refractivity contribution in [3.8, 4) is 11.5 Å². The zero-order valence-corrected chi connectivity index (χ0v) is 22.1. The van der Waals surface area contributed by atoms with Crippen molar-refractivity contribution in [3.05, 3.63) is 94.7 Å². The molecule has 1 fully saturated rings. The maximum Gasteiger partial charge on any atom is 0.133 e. The van der Waals surface area contributed by atoms with Gasteiger partial charge in [-0.25, -0.2) is 0 Å². The summed E-state index contributed by atoms with van der Waals surface area (Å²) in [6.45, 7) is 5.32. The van der Waals surface area contributed by atoms with Crippen molar-refractivity contribution in [3.63, 3.8) is 0 Å². The Labute approximate surface area is 223 Å². The summed E-state index contributed by atoms with van der Waals surface area (Å²) in [7, 11) is 0. The molecule has 0 saturated heterocycles. The molecule has 0 radical (unpaired) electrons. The summed E-state index contributed by atoms with van der Waals surface area (Å²) in [6.07, 6.45) is 6.47. The van der Waals surface area contributed by atoms with Gasteiger partial charge < -0.3 is 18.5 Å². The molecule has 0 amide bonds. The predicted molar refractivity (Wildman–Crippen MR) is 143 cm³/mol. The standard InChI is InChI=1S/C31H35N3O4/c1-21-16-25(32-37-21)19-34(20-26-17-22(2)38-33-26)27-9-11-28(12-10-27)35-29-13-15-31-24(18-29)8-14-30(36-31)23-6-4-3-5-7-23/h3-7,13,15-18,27-28,30H,8-12,14,19-20H2,1-2H3. The molecule has 0 N–H and O–H groups in total. The zero-order valence-electron chi connectivity index (χ0n) is 22.1. The second-order valence-electron chi connectivity index (χ2n) is 10.6. The fourth-order valence-electron chi connectivity index (χ4n) is 5.78. The highest BCUT2D eigenvalue weighted by Crippen LogP contribution is 2.37. The molecular formula is C31H35N3O4. The van der Waals surface area contributed by atoms with Gasteiger partial charge in [0.2, 0.25) is 0 Å². The minimum atomic E-state index is 0.121. The van der Waals surface area contributed by atoms with Crippen LogP contribution in [0.2, 0.25) is 0 Å². The Kier molecular flexibility index (Phi) is 7.18. The molecule has 4 aromatic rings. The first kappa shape index (κ1) is 24.7. The lowest BCUT2D eigenvalue weighted by Gasteiger charge is -2.36. The van der Waals surface area contributed by atoms with Gasteiger partial charge in [-0.2, -0.15) is 0 Å². The molecule has 1 atom stereocenters. The van der Waals surface area contributed by atoms with E-state index in [0.29, 0.717) is 6.04 Å². The van der Waals surface area contributed by atoms with Gasteiger partial charge in [-0.15, -0.1) is 0 Å². The van der Waals surface area contributed by atoms with Crippen LogP contribution in [0.5, 0.6) is 11.5 Å². The molecule has 3 heterocycles. The van der Waals surface area contributed by atoms with Crippen molar-refractivity contribution in [2.75, 3.05) is 0 Å². The van der Waals surface area contributed by atoms with Crippen LogP contribution < -0.4 is 9.47 Å². The lowest BCUT2D eigenvalue weighted by molar-refractivity contribution is 0.0765. The van der Waals surface area contributed by atoms with Crippen molar-refractivity contribution in [1.29, 1.82) is 0 Å². The average molecular weight is 514 g/mol. The molecule has 0 spiro atoms. The summed E-state index contributed by atoms with van der Waals surface area (Å²) in [6, 6.07) is 21.2. The van der Waals surface area contributed by atoms with Crippen LogP contribution in [0, 0.1) is 13.8 Å². The third-order valence-electron chi connectivity index (χ3n) is 7.69. The molecule has 38 heavy (non-hydrogen) atoms. The van der Waals surface area contributed by atoms with E-state index in [0.717, 1.165) is 86.0 Å². The highest BCUT2D eigenvalue weighted by atomic mass is 16.5. The van der Waals surface area contributed by atoms with E-state index in [-0.39, 0.29) is 12.2 Å². The summed E-state index contributed by atoms with van der Waals surface area (Å²) < 4.78 is 23.4. The summed E-state index contributed by atoms with van der Waals surface area (Å²) in [4.78, 5) is 2.45. The first-order valence-electron chi connectivity index (χ1n) is 13.7. The normalized spacial score (nSPS) is 21.2. The summed E-state index contributed by atoms with van der Waals surface area (Å²) in [5.74, 6) is 3.59. The summed E-state index contributed by atoms with van der Waals surface area (Å²) in [5, 5.41) is 8.46. The topological polar surface area (TPSA) is 73.8 Å². The van der Waals surface area contributed by atoms with E-state index < -0.39 is 0 Å². The monoisotopic (exact) mass is 513 g/mol. The maximum atomic E-state index is 6.48. The van der Waals surface area contributed by atoms with Crippen LogP contribution in [-0.2, 0) is 19.5 Å². The maximum absolute atomic E-state index is 6.48. The number of fused-ring (bicyclic) bond motifs is 1. The molecule has 0 bridgehead atoms. The van der Waals surface area contributed by atoms with E-state index >= 15 is 0 Å². The first-order chi connectivity index (χ1) is 18.6. The van der Waals surface area contributed by atoms with Gasteiger partial charge in [0.25, 0.3) is 0 Å². The minimum Gasteiger partial charge on any atom is -0.490 e. The Morgan fingerprint density at radius 2 is 1.50 bits per heavy atom. The third-order valence-corrected chi connectivity index (χ3v) is 7.69. The Morgan fingerprint density at radius 3 is 2.13 bits per heavy atom. The van der Waals surface area contributed by atoms with Crippen molar-refractivity contribution in [2.45, 2.75) is 83.7 Å². The Bertz CT molecular complexity index is 1300. The summed E-state index contributed by atoms with van der Waals surface area (Å²) in [5.41, 5.74) is 4.38. The van der Waals surface area contributed by atoms with Crippen molar-refractivity contribution in [1.82, 2.24) is 15.2 Å². The molecule has 6 rings (SSSR count). The fourth-order valence-corrected chi connectivity index (χ4v) is 5.78. The van der Waals surface area contributed by atoms with Gasteiger partial charge in [0.15, 0.2) is 0 Å². The van der Waals surface area contributed by atoms with E-state index in [1.807, 2.05) is 32.0 Å². The molecule has 7 nitrogen and oxygen atoms in total. The summed E-state index contributed by atoms with van der Waals surface area (Å²) >= 11 is 0. The van der Waals surface area contributed by atoms with Crippen molar-refractivity contribution >= 4 is 0 Å². The fraction of sp³-hybridized carbons (Fsp3) is 0.419. The molecular weight excluding hydrogens is 478 g/mol. The molecule has 2 aromatic heterocycles. The van der Waals surface area contributed by atoms with Crippen LogP contribution >= 0.6 is 0 Å². The second-order valence-corrected chi connectivity index (χ2v) is 10.6. The van der Waals surface area contributed by atoms with Crippen molar-refractivity contribution < 1.29 is 18.5 Å². The lowest BCUT2D eigenvalue weighted by Crippen LogP contribution is -2.39. The first-order valence-corrected chi connectivity index (χ1v) is 13.7. The number of rotatable bonds is 8. The molecule has 1 unspecified atom stereocenters. The van der Waals surface area contributed by atoms with Gasteiger partial charge in [-0.05, 0) is 81.7 Å². The lowest BCUT2D eigenvalue weighted by atomic mass is 9.91. The molecule has 7 heteroatoms. The van der Waals surface area contributed by atoms with Gasteiger partial charge in [0.1, 0.15) is 29.1 Å². The molecule has 198 valence electrons. The number of benzene rings is 2. The number of hydrogen-bond acceptors (Lipinski definition) is 7. The number of ether oxygens (including phenoxy) is 2. The van der Waals surface area contributed by atoms with Gasteiger partial charge in [0.05, 0.1) is 17.5 Å². The highest BCUT2D eigenvalue weighted by molar-refractivity contribution is 5.42. The van der Waals surface area contributed by atoms with Gasteiger partial charge in [-0.1, -0.05) is 40.6 Å². The molecule has 1 aliphatic carbocycles. The van der Waals surface area contributed by atoms with E-state index in [1.54, 1.807) is 0 Å². The highest BCUT2D eigenvalue weighted by Gasteiger charge is 2.29. The molecule has 1 aliphatic heterocycles. The number of hydrogen-bond donors (Lipinski definition) is 0. The Balaban J connectivity index is 1.06. The van der Waals surface area contributed by atoms with Crippen LogP contribution in [0.4, 0.5) is 0 Å². The third kappa shape index (κ3) is 5.78.